The molecule has 0 spiro atoms. The molecular weight excluding hydrogens is 269 g/mol. The topological polar surface area (TPSA) is 26.3 Å². The molecule has 20 heavy (non-hydrogen) atoms. The highest BCUT2D eigenvalue weighted by Gasteiger charge is 2.39. The van der Waals surface area contributed by atoms with Crippen molar-refractivity contribution in [1.29, 1.82) is 0 Å². The van der Waals surface area contributed by atoms with Crippen molar-refractivity contribution < 1.29 is 22.7 Å². The van der Waals surface area contributed by atoms with E-state index in [4.69, 9.17) is 4.74 Å². The fourth-order valence-corrected chi connectivity index (χ4v) is 2.83. The molecule has 0 saturated heterocycles. The maximum atomic E-state index is 12.8. The second-order valence-electron chi connectivity index (χ2n) is 5.23. The van der Waals surface area contributed by atoms with Gasteiger partial charge in [-0.05, 0) is 43.4 Å². The minimum atomic E-state index is -4.39. The summed E-state index contributed by atoms with van der Waals surface area (Å²) in [6.07, 6.45) is -0.515. The van der Waals surface area contributed by atoms with Gasteiger partial charge in [-0.2, -0.15) is 13.2 Å². The maximum absolute atomic E-state index is 12.8. The molecule has 0 atom stereocenters. The van der Waals surface area contributed by atoms with Gasteiger partial charge in [0.05, 0.1) is 5.56 Å². The molecule has 0 N–H and O–H groups in total. The van der Waals surface area contributed by atoms with Gasteiger partial charge in [0.2, 0.25) is 0 Å². The van der Waals surface area contributed by atoms with Gasteiger partial charge in [-0.25, -0.2) is 0 Å². The molecule has 1 fully saturated rings. The summed E-state index contributed by atoms with van der Waals surface area (Å²) in [5.74, 6) is -0.454. The van der Waals surface area contributed by atoms with E-state index in [-0.39, 0.29) is 0 Å². The number of carbonyl (C=O) groups is 1. The van der Waals surface area contributed by atoms with E-state index < -0.39 is 23.3 Å². The monoisotopic (exact) mass is 286 g/mol. The summed E-state index contributed by atoms with van der Waals surface area (Å²) in [5.41, 5.74) is -1.15. The lowest BCUT2D eigenvalue weighted by Gasteiger charge is -2.37. The Morgan fingerprint density at radius 2 is 1.85 bits per heavy atom. The van der Waals surface area contributed by atoms with E-state index in [1.165, 1.54) is 13.0 Å². The average Bonchev–Trinajstić information content (AvgIpc) is 2.38. The van der Waals surface area contributed by atoms with Gasteiger partial charge in [0, 0.05) is 6.92 Å². The second kappa shape index (κ2) is 5.46. The molecule has 0 heterocycles. The van der Waals surface area contributed by atoms with Crippen LogP contribution in [0.4, 0.5) is 13.2 Å². The largest absolute Gasteiger partial charge is 0.454 e. The molecule has 0 aliphatic heterocycles. The summed E-state index contributed by atoms with van der Waals surface area (Å²) in [4.78, 5) is 11.3. The van der Waals surface area contributed by atoms with Crippen LogP contribution in [0.1, 0.15) is 50.2 Å². The molecule has 2 rings (SSSR count). The molecule has 2 nitrogen and oxygen atoms in total. The van der Waals surface area contributed by atoms with Gasteiger partial charge >= 0.3 is 12.1 Å². The molecule has 0 aromatic heterocycles. The molecule has 1 aliphatic rings. The highest BCUT2D eigenvalue weighted by atomic mass is 19.4. The smallest absolute Gasteiger partial charge is 0.416 e. The number of rotatable bonds is 2. The van der Waals surface area contributed by atoms with E-state index >= 15 is 0 Å². The summed E-state index contributed by atoms with van der Waals surface area (Å²) in [6.45, 7) is 1.30. The van der Waals surface area contributed by atoms with E-state index in [2.05, 4.69) is 0 Å². The Bertz CT molecular complexity index is 488. The Morgan fingerprint density at radius 1 is 1.20 bits per heavy atom. The van der Waals surface area contributed by atoms with Crippen LogP contribution in [0.2, 0.25) is 0 Å². The molecular formula is C15H17F3O2. The fourth-order valence-electron chi connectivity index (χ4n) is 2.83. The first-order chi connectivity index (χ1) is 9.33. The van der Waals surface area contributed by atoms with Gasteiger partial charge in [-0.3, -0.25) is 4.79 Å². The normalized spacial score (nSPS) is 18.6. The van der Waals surface area contributed by atoms with Crippen LogP contribution in [0.15, 0.2) is 24.3 Å². The third-order valence-electron chi connectivity index (χ3n) is 3.72. The average molecular weight is 286 g/mol. The first-order valence-corrected chi connectivity index (χ1v) is 6.71. The molecule has 110 valence electrons. The van der Waals surface area contributed by atoms with Crippen molar-refractivity contribution in [2.75, 3.05) is 0 Å². The molecule has 0 unspecified atom stereocenters. The standard InChI is InChI=1S/C15H17F3O2/c1-11(19)20-14(8-3-2-4-9-14)12-6-5-7-13(10-12)15(16,17)18/h5-7,10H,2-4,8-9H2,1H3. The number of benzene rings is 1. The van der Waals surface area contributed by atoms with Gasteiger partial charge < -0.3 is 4.74 Å². The van der Waals surface area contributed by atoms with E-state index in [0.717, 1.165) is 31.4 Å². The van der Waals surface area contributed by atoms with Crippen LogP contribution < -0.4 is 0 Å². The number of esters is 1. The zero-order valence-corrected chi connectivity index (χ0v) is 11.3. The van der Waals surface area contributed by atoms with Crippen LogP contribution in [0.3, 0.4) is 0 Å². The van der Waals surface area contributed by atoms with Crippen molar-refractivity contribution in [3.63, 3.8) is 0 Å². The highest BCUT2D eigenvalue weighted by molar-refractivity contribution is 5.67. The van der Waals surface area contributed by atoms with Crippen molar-refractivity contribution in [3.8, 4) is 0 Å². The zero-order chi connectivity index (χ0) is 14.8. The molecule has 1 aromatic rings. The van der Waals surface area contributed by atoms with Crippen molar-refractivity contribution in [2.24, 2.45) is 0 Å². The summed E-state index contributed by atoms with van der Waals surface area (Å²) >= 11 is 0. The molecule has 0 amide bonds. The van der Waals surface area contributed by atoms with Crippen molar-refractivity contribution in [3.05, 3.63) is 35.4 Å². The van der Waals surface area contributed by atoms with Crippen LogP contribution in [0, 0.1) is 0 Å². The minimum absolute atomic E-state index is 0.447. The quantitative estimate of drug-likeness (QED) is 0.752. The lowest BCUT2D eigenvalue weighted by molar-refractivity contribution is -0.162. The number of ether oxygens (including phenoxy) is 1. The molecule has 5 heteroatoms. The summed E-state index contributed by atoms with van der Waals surface area (Å²) < 4.78 is 43.9. The van der Waals surface area contributed by atoms with Crippen LogP contribution in [-0.4, -0.2) is 5.97 Å². The van der Waals surface area contributed by atoms with Gasteiger partial charge in [0.25, 0.3) is 0 Å². The minimum Gasteiger partial charge on any atom is -0.454 e. The van der Waals surface area contributed by atoms with Crippen LogP contribution >= 0.6 is 0 Å². The van der Waals surface area contributed by atoms with Gasteiger partial charge in [0.1, 0.15) is 5.60 Å². The number of hydrogen-bond donors (Lipinski definition) is 0. The Balaban J connectivity index is 2.41. The molecule has 1 saturated carbocycles. The lowest BCUT2D eigenvalue weighted by Crippen LogP contribution is -2.34. The predicted octanol–water partition coefficient (Wildman–Crippen LogP) is 4.43. The number of carbonyl (C=O) groups excluding carboxylic acids is 1. The van der Waals surface area contributed by atoms with Crippen LogP contribution in [0.25, 0.3) is 0 Å². The predicted molar refractivity (Wildman–Crippen MR) is 68.0 cm³/mol. The fraction of sp³-hybridized carbons (Fsp3) is 0.533. The molecule has 0 radical (unpaired) electrons. The Hall–Kier alpha value is -1.52. The van der Waals surface area contributed by atoms with Crippen molar-refractivity contribution >= 4 is 5.97 Å². The summed E-state index contributed by atoms with van der Waals surface area (Å²) in [7, 11) is 0. The molecule has 1 aromatic carbocycles. The Kier molecular flexibility index (Phi) is 4.06. The van der Waals surface area contributed by atoms with Crippen LogP contribution in [0.5, 0.6) is 0 Å². The van der Waals surface area contributed by atoms with E-state index in [0.29, 0.717) is 18.4 Å². The summed E-state index contributed by atoms with van der Waals surface area (Å²) in [5, 5.41) is 0. The number of alkyl halides is 3. The number of hydrogen-bond acceptors (Lipinski definition) is 2. The van der Waals surface area contributed by atoms with E-state index in [9.17, 15) is 18.0 Å². The molecule has 1 aliphatic carbocycles. The van der Waals surface area contributed by atoms with Crippen LogP contribution in [-0.2, 0) is 21.3 Å². The number of halogens is 3. The van der Waals surface area contributed by atoms with Crippen molar-refractivity contribution in [1.82, 2.24) is 0 Å². The maximum Gasteiger partial charge on any atom is 0.416 e. The molecule has 0 bridgehead atoms. The Labute approximate surface area is 115 Å². The second-order valence-corrected chi connectivity index (χ2v) is 5.23. The van der Waals surface area contributed by atoms with Gasteiger partial charge in [-0.1, -0.05) is 18.6 Å². The SMILES string of the molecule is CC(=O)OC1(c2cccc(C(F)(F)F)c2)CCCCC1. The van der Waals surface area contributed by atoms with Crippen molar-refractivity contribution in [2.45, 2.75) is 50.8 Å². The highest BCUT2D eigenvalue weighted by Crippen LogP contribution is 2.42. The Morgan fingerprint density at radius 3 is 2.40 bits per heavy atom. The zero-order valence-electron chi connectivity index (χ0n) is 11.3. The first-order valence-electron chi connectivity index (χ1n) is 6.71. The third-order valence-corrected chi connectivity index (χ3v) is 3.72. The van der Waals surface area contributed by atoms with Gasteiger partial charge in [0.15, 0.2) is 0 Å². The van der Waals surface area contributed by atoms with E-state index in [1.807, 2.05) is 0 Å². The first kappa shape index (κ1) is 14.9. The lowest BCUT2D eigenvalue weighted by atomic mass is 9.79. The summed E-state index contributed by atoms with van der Waals surface area (Å²) in [6, 6.07) is 5.13. The van der Waals surface area contributed by atoms with E-state index in [1.54, 1.807) is 6.07 Å². The third kappa shape index (κ3) is 3.14. The van der Waals surface area contributed by atoms with Gasteiger partial charge in [-0.15, -0.1) is 0 Å².